The Balaban J connectivity index is 2.78. The molecular formula is C15H28N4O. The van der Waals surface area contributed by atoms with E-state index in [1.807, 2.05) is 13.8 Å². The largest absolute Gasteiger partial charge is 0.310 e. The highest BCUT2D eigenvalue weighted by molar-refractivity contribution is 5.20. The van der Waals surface area contributed by atoms with Crippen LogP contribution in [0.5, 0.6) is 0 Å². The molecule has 5 heteroatoms. The molecule has 0 aromatic carbocycles. The Labute approximate surface area is 121 Å². The second-order valence-corrected chi connectivity index (χ2v) is 6.66. The summed E-state index contributed by atoms with van der Waals surface area (Å²) in [7, 11) is 4.15. The first kappa shape index (κ1) is 16.9. The van der Waals surface area contributed by atoms with E-state index in [2.05, 4.69) is 48.1 Å². The van der Waals surface area contributed by atoms with Gasteiger partial charge in [-0.3, -0.25) is 4.79 Å². The average Bonchev–Trinajstić information content (AvgIpc) is 2.23. The van der Waals surface area contributed by atoms with E-state index in [-0.39, 0.29) is 17.0 Å². The first-order valence-electron chi connectivity index (χ1n) is 7.08. The predicted octanol–water partition coefficient (Wildman–Crippen LogP) is 1.63. The van der Waals surface area contributed by atoms with Crippen molar-refractivity contribution in [2.75, 3.05) is 27.2 Å². The number of nitrogens with one attached hydrogen (secondary N) is 2. The summed E-state index contributed by atoms with van der Waals surface area (Å²) in [5, 5.41) is 3.46. The Morgan fingerprint density at radius 2 is 1.95 bits per heavy atom. The fourth-order valence-electron chi connectivity index (χ4n) is 2.69. The minimum absolute atomic E-state index is 0.00622. The summed E-state index contributed by atoms with van der Waals surface area (Å²) in [5.41, 5.74) is 1.64. The van der Waals surface area contributed by atoms with Crippen molar-refractivity contribution in [1.82, 2.24) is 20.2 Å². The average molecular weight is 280 g/mol. The molecule has 5 nitrogen and oxygen atoms in total. The molecule has 0 fully saturated rings. The van der Waals surface area contributed by atoms with Crippen molar-refractivity contribution in [2.24, 2.45) is 5.41 Å². The van der Waals surface area contributed by atoms with Gasteiger partial charge in [0.15, 0.2) is 0 Å². The van der Waals surface area contributed by atoms with Gasteiger partial charge in [-0.25, -0.2) is 4.98 Å². The normalized spacial score (nSPS) is 13.8. The molecule has 0 saturated carbocycles. The highest BCUT2D eigenvalue weighted by Crippen LogP contribution is 2.17. The molecule has 0 aliphatic heterocycles. The monoisotopic (exact) mass is 280 g/mol. The third-order valence-electron chi connectivity index (χ3n) is 3.33. The lowest BCUT2D eigenvalue weighted by molar-refractivity contribution is 0.226. The van der Waals surface area contributed by atoms with Crippen LogP contribution in [-0.2, 0) is 0 Å². The standard InChI is InChI=1S/C15H28N4O/c1-10(16-8-15(4,5)9-19(6)7)13-11(2)17-12(3)18-14(13)20/h10,16H,8-9H2,1-7H3,(H,17,18,20). The van der Waals surface area contributed by atoms with Crippen LogP contribution in [0.3, 0.4) is 0 Å². The maximum Gasteiger partial charge on any atom is 0.255 e. The van der Waals surface area contributed by atoms with E-state index in [9.17, 15) is 4.79 Å². The summed E-state index contributed by atoms with van der Waals surface area (Å²) < 4.78 is 0. The molecule has 20 heavy (non-hydrogen) atoms. The summed E-state index contributed by atoms with van der Waals surface area (Å²) in [4.78, 5) is 21.4. The lowest BCUT2D eigenvalue weighted by Gasteiger charge is -2.30. The third kappa shape index (κ3) is 4.72. The van der Waals surface area contributed by atoms with Gasteiger partial charge in [0.25, 0.3) is 5.56 Å². The Bertz CT molecular complexity index is 505. The summed E-state index contributed by atoms with van der Waals surface area (Å²) >= 11 is 0. The van der Waals surface area contributed by atoms with Gasteiger partial charge >= 0.3 is 0 Å². The van der Waals surface area contributed by atoms with E-state index in [4.69, 9.17) is 0 Å². The van der Waals surface area contributed by atoms with Gasteiger partial charge in [0.1, 0.15) is 5.82 Å². The lowest BCUT2D eigenvalue weighted by Crippen LogP contribution is -2.39. The molecule has 1 rings (SSSR count). The predicted molar refractivity (Wildman–Crippen MR) is 83.1 cm³/mol. The quantitative estimate of drug-likeness (QED) is 0.831. The van der Waals surface area contributed by atoms with Crippen LogP contribution in [0.25, 0.3) is 0 Å². The van der Waals surface area contributed by atoms with E-state index in [0.717, 1.165) is 24.3 Å². The number of hydrogen-bond donors (Lipinski definition) is 2. The molecule has 2 N–H and O–H groups in total. The van der Waals surface area contributed by atoms with Gasteiger partial charge in [-0.1, -0.05) is 13.8 Å². The van der Waals surface area contributed by atoms with Crippen LogP contribution >= 0.6 is 0 Å². The van der Waals surface area contributed by atoms with Crippen LogP contribution in [0.15, 0.2) is 4.79 Å². The molecular weight excluding hydrogens is 252 g/mol. The molecule has 0 bridgehead atoms. The molecule has 0 aliphatic carbocycles. The van der Waals surface area contributed by atoms with Crippen LogP contribution in [0, 0.1) is 19.3 Å². The molecule has 1 aromatic heterocycles. The lowest BCUT2D eigenvalue weighted by atomic mass is 9.92. The van der Waals surface area contributed by atoms with Gasteiger partial charge in [-0.15, -0.1) is 0 Å². The minimum atomic E-state index is -0.0413. The minimum Gasteiger partial charge on any atom is -0.310 e. The molecule has 114 valence electrons. The topological polar surface area (TPSA) is 61.0 Å². The van der Waals surface area contributed by atoms with Crippen molar-refractivity contribution in [3.63, 3.8) is 0 Å². The molecule has 0 radical (unpaired) electrons. The number of aryl methyl sites for hydroxylation is 2. The van der Waals surface area contributed by atoms with E-state index < -0.39 is 0 Å². The molecule has 1 atom stereocenters. The van der Waals surface area contributed by atoms with Crippen LogP contribution in [0.1, 0.15) is 43.9 Å². The number of rotatable bonds is 6. The molecule has 1 unspecified atom stereocenters. The fourth-order valence-corrected chi connectivity index (χ4v) is 2.69. The maximum atomic E-state index is 12.1. The summed E-state index contributed by atoms with van der Waals surface area (Å²) in [6.07, 6.45) is 0. The Hall–Kier alpha value is -1.20. The van der Waals surface area contributed by atoms with Crippen molar-refractivity contribution in [2.45, 2.75) is 40.7 Å². The highest BCUT2D eigenvalue weighted by Gasteiger charge is 2.21. The van der Waals surface area contributed by atoms with E-state index >= 15 is 0 Å². The van der Waals surface area contributed by atoms with E-state index in [1.165, 1.54) is 0 Å². The van der Waals surface area contributed by atoms with E-state index in [1.54, 1.807) is 6.92 Å². The second-order valence-electron chi connectivity index (χ2n) is 6.66. The zero-order valence-electron chi connectivity index (χ0n) is 13.8. The van der Waals surface area contributed by atoms with Crippen molar-refractivity contribution in [3.8, 4) is 0 Å². The van der Waals surface area contributed by atoms with Crippen molar-refractivity contribution < 1.29 is 0 Å². The van der Waals surface area contributed by atoms with Crippen LogP contribution < -0.4 is 10.9 Å². The van der Waals surface area contributed by atoms with Gasteiger partial charge in [0.05, 0.1) is 5.56 Å². The molecule has 0 aliphatic rings. The molecule has 0 spiro atoms. The van der Waals surface area contributed by atoms with Crippen LogP contribution in [-0.4, -0.2) is 42.1 Å². The second kappa shape index (κ2) is 6.50. The number of hydrogen-bond acceptors (Lipinski definition) is 4. The first-order chi connectivity index (χ1) is 9.12. The number of nitrogens with zero attached hydrogens (tertiary/aromatic N) is 2. The Morgan fingerprint density at radius 3 is 2.45 bits per heavy atom. The third-order valence-corrected chi connectivity index (χ3v) is 3.33. The SMILES string of the molecule is Cc1nc(C)c(C(C)NCC(C)(C)CN(C)C)c(=O)[nH]1. The van der Waals surface area contributed by atoms with Gasteiger partial charge in [0, 0.05) is 24.8 Å². The number of aromatic nitrogens is 2. The number of H-pyrrole nitrogens is 1. The van der Waals surface area contributed by atoms with Gasteiger partial charge in [-0.05, 0) is 40.3 Å². The van der Waals surface area contributed by atoms with Crippen molar-refractivity contribution in [1.29, 1.82) is 0 Å². The zero-order valence-corrected chi connectivity index (χ0v) is 13.8. The maximum absolute atomic E-state index is 12.1. The molecule has 0 amide bonds. The van der Waals surface area contributed by atoms with Gasteiger partial charge in [-0.2, -0.15) is 0 Å². The van der Waals surface area contributed by atoms with Crippen LogP contribution in [0.4, 0.5) is 0 Å². The van der Waals surface area contributed by atoms with E-state index in [0.29, 0.717) is 5.82 Å². The molecule has 1 aromatic rings. The van der Waals surface area contributed by atoms with Crippen molar-refractivity contribution in [3.05, 3.63) is 27.4 Å². The fraction of sp³-hybridized carbons (Fsp3) is 0.733. The summed E-state index contributed by atoms with van der Waals surface area (Å²) in [5.74, 6) is 0.663. The van der Waals surface area contributed by atoms with Gasteiger partial charge < -0.3 is 15.2 Å². The van der Waals surface area contributed by atoms with Crippen LogP contribution in [0.2, 0.25) is 0 Å². The number of aromatic amines is 1. The summed E-state index contributed by atoms with van der Waals surface area (Å²) in [6, 6.07) is -0.00622. The molecule has 1 heterocycles. The zero-order chi connectivity index (χ0) is 15.5. The first-order valence-corrected chi connectivity index (χ1v) is 7.08. The Morgan fingerprint density at radius 1 is 1.35 bits per heavy atom. The summed E-state index contributed by atoms with van der Waals surface area (Å²) in [6.45, 7) is 12.0. The van der Waals surface area contributed by atoms with Crippen molar-refractivity contribution >= 4 is 0 Å². The molecule has 0 saturated heterocycles. The smallest absolute Gasteiger partial charge is 0.255 e. The Kier molecular flexibility index (Phi) is 5.48. The highest BCUT2D eigenvalue weighted by atomic mass is 16.1. The van der Waals surface area contributed by atoms with Gasteiger partial charge in [0.2, 0.25) is 0 Å².